The first-order chi connectivity index (χ1) is 13.6. The Kier molecular flexibility index (Phi) is 10.1. The fourth-order valence-electron chi connectivity index (χ4n) is 3.18. The molecule has 28 heavy (non-hydrogen) atoms. The van der Waals surface area contributed by atoms with Crippen molar-refractivity contribution < 1.29 is 14.6 Å². The van der Waals surface area contributed by atoms with E-state index in [0.717, 1.165) is 62.9 Å². The largest absolute Gasteiger partial charge is 0.491 e. The molecular formula is C21H36N4O3. The molecule has 1 aliphatic heterocycles. The zero-order chi connectivity index (χ0) is 20.2. The van der Waals surface area contributed by atoms with E-state index in [-0.39, 0.29) is 6.61 Å². The molecule has 1 aliphatic rings. The Hall–Kier alpha value is -1.83. The summed E-state index contributed by atoms with van der Waals surface area (Å²) in [5.41, 5.74) is 1.14. The minimum Gasteiger partial charge on any atom is -0.491 e. The highest BCUT2D eigenvalue weighted by atomic mass is 16.5. The van der Waals surface area contributed by atoms with Gasteiger partial charge in [0.15, 0.2) is 5.96 Å². The number of nitrogens with zero attached hydrogens (tertiary/aromatic N) is 2. The molecular weight excluding hydrogens is 356 g/mol. The van der Waals surface area contributed by atoms with Crippen LogP contribution in [-0.2, 0) is 4.74 Å². The second kappa shape index (κ2) is 12.6. The van der Waals surface area contributed by atoms with E-state index in [1.807, 2.05) is 38.1 Å². The van der Waals surface area contributed by atoms with Gasteiger partial charge in [0.25, 0.3) is 0 Å². The molecule has 1 heterocycles. The minimum atomic E-state index is -0.646. The first kappa shape index (κ1) is 22.5. The third kappa shape index (κ3) is 8.46. The number of aliphatic imine (C=N–C) groups is 1. The fraction of sp³-hybridized carbons (Fsp3) is 0.667. The quantitative estimate of drug-likeness (QED) is 0.413. The molecule has 0 aliphatic carbocycles. The van der Waals surface area contributed by atoms with Gasteiger partial charge in [-0.25, -0.2) is 0 Å². The van der Waals surface area contributed by atoms with Crippen LogP contribution in [-0.4, -0.2) is 81.2 Å². The number of guanidine groups is 1. The lowest BCUT2D eigenvalue weighted by Crippen LogP contribution is -2.49. The highest BCUT2D eigenvalue weighted by Crippen LogP contribution is 2.12. The Morgan fingerprint density at radius 1 is 1.36 bits per heavy atom. The summed E-state index contributed by atoms with van der Waals surface area (Å²) in [6.45, 7) is 9.27. The molecule has 1 fully saturated rings. The number of hydrogen-bond donors (Lipinski definition) is 3. The molecule has 3 N–H and O–H groups in total. The summed E-state index contributed by atoms with van der Waals surface area (Å²) in [6, 6.07) is 8.22. The average molecular weight is 393 g/mol. The van der Waals surface area contributed by atoms with Crippen molar-refractivity contribution in [2.45, 2.75) is 38.8 Å². The van der Waals surface area contributed by atoms with Crippen molar-refractivity contribution in [2.75, 3.05) is 53.0 Å². The van der Waals surface area contributed by atoms with Gasteiger partial charge in [0.2, 0.25) is 0 Å². The zero-order valence-corrected chi connectivity index (χ0v) is 17.5. The molecule has 0 amide bonds. The summed E-state index contributed by atoms with van der Waals surface area (Å²) in [7, 11) is 1.74. The molecule has 7 nitrogen and oxygen atoms in total. The summed E-state index contributed by atoms with van der Waals surface area (Å²) in [5.74, 6) is 1.53. The van der Waals surface area contributed by atoms with Crippen molar-refractivity contribution in [3.63, 3.8) is 0 Å². The first-order valence-corrected chi connectivity index (χ1v) is 10.2. The van der Waals surface area contributed by atoms with E-state index in [1.165, 1.54) is 0 Å². The van der Waals surface area contributed by atoms with E-state index in [2.05, 4.69) is 20.5 Å². The monoisotopic (exact) mass is 392 g/mol. The summed E-state index contributed by atoms with van der Waals surface area (Å²) >= 11 is 0. The lowest BCUT2D eigenvalue weighted by molar-refractivity contribution is 0.114. The zero-order valence-electron chi connectivity index (χ0n) is 17.5. The molecule has 158 valence electrons. The third-order valence-electron chi connectivity index (χ3n) is 4.78. The van der Waals surface area contributed by atoms with E-state index >= 15 is 0 Å². The Morgan fingerprint density at radius 3 is 2.82 bits per heavy atom. The molecule has 1 atom stereocenters. The van der Waals surface area contributed by atoms with Gasteiger partial charge >= 0.3 is 0 Å². The molecule has 7 heteroatoms. The van der Waals surface area contributed by atoms with E-state index in [4.69, 9.17) is 9.47 Å². The van der Waals surface area contributed by atoms with Crippen LogP contribution in [0.1, 0.15) is 25.3 Å². The molecule has 1 saturated heterocycles. The normalized spacial score (nSPS) is 17.4. The SMILES string of the molecule is CCNC(=NCC(O)COc1cccc(C)c1)NC1CCN(CCOC)CC1. The topological polar surface area (TPSA) is 78.4 Å². The second-order valence-corrected chi connectivity index (χ2v) is 7.25. The van der Waals surface area contributed by atoms with Gasteiger partial charge in [0.05, 0.1) is 13.2 Å². The lowest BCUT2D eigenvalue weighted by Gasteiger charge is -2.32. The van der Waals surface area contributed by atoms with Gasteiger partial charge in [-0.15, -0.1) is 0 Å². The third-order valence-corrected chi connectivity index (χ3v) is 4.78. The van der Waals surface area contributed by atoms with Crippen LogP contribution < -0.4 is 15.4 Å². The van der Waals surface area contributed by atoms with Crippen molar-refractivity contribution in [3.05, 3.63) is 29.8 Å². The number of aryl methyl sites for hydroxylation is 1. The van der Waals surface area contributed by atoms with Crippen LogP contribution in [0.5, 0.6) is 5.75 Å². The van der Waals surface area contributed by atoms with E-state index < -0.39 is 6.10 Å². The van der Waals surface area contributed by atoms with Crippen molar-refractivity contribution in [1.29, 1.82) is 0 Å². The van der Waals surface area contributed by atoms with Gasteiger partial charge in [-0.05, 0) is 44.4 Å². The Labute approximate surface area is 169 Å². The molecule has 0 radical (unpaired) electrons. The predicted molar refractivity (Wildman–Crippen MR) is 113 cm³/mol. The Balaban J connectivity index is 1.75. The van der Waals surface area contributed by atoms with Crippen LogP contribution in [0.2, 0.25) is 0 Å². The Morgan fingerprint density at radius 2 is 2.14 bits per heavy atom. The molecule has 0 saturated carbocycles. The first-order valence-electron chi connectivity index (χ1n) is 10.2. The van der Waals surface area contributed by atoms with Crippen LogP contribution in [0.25, 0.3) is 0 Å². The number of nitrogens with one attached hydrogen (secondary N) is 2. The lowest BCUT2D eigenvalue weighted by atomic mass is 10.1. The maximum Gasteiger partial charge on any atom is 0.191 e. The van der Waals surface area contributed by atoms with E-state index in [9.17, 15) is 5.11 Å². The minimum absolute atomic E-state index is 0.226. The van der Waals surface area contributed by atoms with Crippen LogP contribution in [0.15, 0.2) is 29.3 Å². The van der Waals surface area contributed by atoms with Gasteiger partial charge in [-0.1, -0.05) is 12.1 Å². The number of piperidine rings is 1. The number of ether oxygens (including phenoxy) is 2. The number of rotatable bonds is 10. The van der Waals surface area contributed by atoms with Crippen LogP contribution in [0.3, 0.4) is 0 Å². The maximum absolute atomic E-state index is 10.2. The number of hydrogen-bond acceptors (Lipinski definition) is 5. The van der Waals surface area contributed by atoms with E-state index in [0.29, 0.717) is 12.6 Å². The highest BCUT2D eigenvalue weighted by molar-refractivity contribution is 5.80. The molecule has 0 spiro atoms. The molecule has 2 rings (SSSR count). The van der Waals surface area contributed by atoms with Crippen LogP contribution in [0.4, 0.5) is 0 Å². The molecule has 0 aromatic heterocycles. The molecule has 1 aromatic rings. The van der Waals surface area contributed by atoms with Gasteiger partial charge < -0.3 is 30.1 Å². The van der Waals surface area contributed by atoms with Crippen LogP contribution >= 0.6 is 0 Å². The standard InChI is InChI=1S/C21H36N4O3/c1-4-22-21(24-18-8-10-25(11-9-18)12-13-27-3)23-15-19(26)16-28-20-7-5-6-17(2)14-20/h5-7,14,18-19,26H,4,8-13,15-16H2,1-3H3,(H2,22,23,24). The van der Waals surface area contributed by atoms with Crippen molar-refractivity contribution in [2.24, 2.45) is 4.99 Å². The number of aliphatic hydroxyl groups excluding tert-OH is 1. The number of aliphatic hydroxyl groups is 1. The predicted octanol–water partition coefficient (Wildman–Crippen LogP) is 1.40. The van der Waals surface area contributed by atoms with Crippen molar-refractivity contribution in [3.8, 4) is 5.75 Å². The molecule has 0 bridgehead atoms. The summed E-state index contributed by atoms with van der Waals surface area (Å²) in [4.78, 5) is 6.97. The van der Waals surface area contributed by atoms with Gasteiger partial charge in [0, 0.05) is 39.3 Å². The second-order valence-electron chi connectivity index (χ2n) is 7.25. The number of methoxy groups -OCH3 is 1. The number of likely N-dealkylation sites (tertiary alicyclic amines) is 1. The smallest absolute Gasteiger partial charge is 0.191 e. The van der Waals surface area contributed by atoms with Crippen molar-refractivity contribution >= 4 is 5.96 Å². The fourth-order valence-corrected chi connectivity index (χ4v) is 3.18. The average Bonchev–Trinajstić information content (AvgIpc) is 2.70. The molecule has 1 aromatic carbocycles. The van der Waals surface area contributed by atoms with Gasteiger partial charge in [-0.3, -0.25) is 4.99 Å². The summed E-state index contributed by atoms with van der Waals surface area (Å²) in [6.07, 6.45) is 1.51. The summed E-state index contributed by atoms with van der Waals surface area (Å²) in [5, 5.41) is 17.0. The van der Waals surface area contributed by atoms with Gasteiger partial charge in [0.1, 0.15) is 18.5 Å². The molecule has 1 unspecified atom stereocenters. The number of benzene rings is 1. The van der Waals surface area contributed by atoms with Gasteiger partial charge in [-0.2, -0.15) is 0 Å². The van der Waals surface area contributed by atoms with Crippen molar-refractivity contribution in [1.82, 2.24) is 15.5 Å². The maximum atomic E-state index is 10.2. The van der Waals surface area contributed by atoms with Crippen LogP contribution in [0, 0.1) is 6.92 Å². The Bertz CT molecular complexity index is 589. The highest BCUT2D eigenvalue weighted by Gasteiger charge is 2.19. The summed E-state index contributed by atoms with van der Waals surface area (Å²) < 4.78 is 10.8. The van der Waals surface area contributed by atoms with E-state index in [1.54, 1.807) is 7.11 Å².